The minimum Gasteiger partial charge on any atom is -0.354 e. The van der Waals surface area contributed by atoms with E-state index in [2.05, 4.69) is 5.32 Å². The molecule has 0 fully saturated rings. The quantitative estimate of drug-likeness (QED) is 0.235. The number of amides is 2. The predicted molar refractivity (Wildman–Crippen MR) is 161 cm³/mol. The molecule has 0 aromatic heterocycles. The highest BCUT2D eigenvalue weighted by Gasteiger charge is 2.34. The van der Waals surface area contributed by atoms with Gasteiger partial charge in [0.25, 0.3) is 10.0 Å². The number of carbonyl (C=O) groups excluding carboxylic acids is 2. The minimum absolute atomic E-state index is 0.00609. The minimum atomic E-state index is -4.23. The average molecular weight is 605 g/mol. The maximum atomic E-state index is 14.1. The number of hydrogen-bond acceptors (Lipinski definition) is 4. The summed E-state index contributed by atoms with van der Waals surface area (Å²) >= 11 is 12.7. The van der Waals surface area contributed by atoms with Crippen LogP contribution in [0.2, 0.25) is 10.0 Å². The Morgan fingerprint density at radius 1 is 0.950 bits per heavy atom. The highest BCUT2D eigenvalue weighted by Crippen LogP contribution is 2.33. The molecular formula is C30H35Cl2N3O4S. The highest BCUT2D eigenvalue weighted by molar-refractivity contribution is 7.92. The molecule has 0 bridgehead atoms. The molecule has 0 aliphatic carbocycles. The maximum Gasteiger partial charge on any atom is 0.264 e. The third-order valence-corrected chi connectivity index (χ3v) is 8.77. The molecule has 7 nitrogen and oxygen atoms in total. The number of sulfonamides is 1. The number of anilines is 1. The topological polar surface area (TPSA) is 86.8 Å². The highest BCUT2D eigenvalue weighted by atomic mass is 35.5. The van der Waals surface area contributed by atoms with E-state index in [1.165, 1.54) is 29.2 Å². The number of nitrogens with zero attached hydrogens (tertiary/aromatic N) is 2. The van der Waals surface area contributed by atoms with Crippen molar-refractivity contribution in [3.8, 4) is 0 Å². The molecule has 0 spiro atoms. The molecule has 0 saturated carbocycles. The second-order valence-corrected chi connectivity index (χ2v) is 12.2. The summed E-state index contributed by atoms with van der Waals surface area (Å²) in [5.74, 6) is -0.829. The van der Waals surface area contributed by atoms with Crippen molar-refractivity contribution in [1.82, 2.24) is 10.2 Å². The Balaban J connectivity index is 2.07. The molecular weight excluding hydrogens is 569 g/mol. The Hall–Kier alpha value is -3.07. The first-order valence-corrected chi connectivity index (χ1v) is 15.4. The van der Waals surface area contributed by atoms with Crippen molar-refractivity contribution < 1.29 is 18.0 Å². The van der Waals surface area contributed by atoms with E-state index in [-0.39, 0.29) is 33.1 Å². The molecule has 1 N–H and O–H groups in total. The number of rotatable bonds is 13. The zero-order valence-corrected chi connectivity index (χ0v) is 25.3. The molecule has 1 atom stereocenters. The summed E-state index contributed by atoms with van der Waals surface area (Å²) in [7, 11) is -4.23. The number of unbranched alkanes of at least 4 members (excludes halogenated alkanes) is 1. The van der Waals surface area contributed by atoms with Gasteiger partial charge in [-0.1, -0.05) is 91.5 Å². The van der Waals surface area contributed by atoms with E-state index < -0.39 is 28.5 Å². The summed E-state index contributed by atoms with van der Waals surface area (Å²) < 4.78 is 28.7. The van der Waals surface area contributed by atoms with Crippen LogP contribution >= 0.6 is 23.2 Å². The maximum absolute atomic E-state index is 14.1. The number of hydrogen-bond donors (Lipinski definition) is 1. The van der Waals surface area contributed by atoms with Gasteiger partial charge in [0.05, 0.1) is 15.6 Å². The Bertz CT molecular complexity index is 1420. The molecule has 3 rings (SSSR count). The van der Waals surface area contributed by atoms with E-state index >= 15 is 0 Å². The second kappa shape index (κ2) is 14.5. The monoisotopic (exact) mass is 603 g/mol. The molecule has 40 heavy (non-hydrogen) atoms. The zero-order valence-electron chi connectivity index (χ0n) is 22.9. The zero-order chi connectivity index (χ0) is 29.3. The fourth-order valence-electron chi connectivity index (χ4n) is 4.34. The number of aryl methyl sites for hydroxylation is 1. The molecule has 0 aliphatic rings. The average Bonchev–Trinajstić information content (AvgIpc) is 2.93. The third kappa shape index (κ3) is 7.99. The Morgan fingerprint density at radius 2 is 1.68 bits per heavy atom. The van der Waals surface area contributed by atoms with Gasteiger partial charge in [-0.2, -0.15) is 0 Å². The van der Waals surface area contributed by atoms with E-state index in [4.69, 9.17) is 23.2 Å². The molecule has 3 aromatic rings. The third-order valence-electron chi connectivity index (χ3n) is 6.44. The van der Waals surface area contributed by atoms with Crippen LogP contribution in [0.15, 0.2) is 77.7 Å². The van der Waals surface area contributed by atoms with Gasteiger partial charge in [-0.3, -0.25) is 13.9 Å². The van der Waals surface area contributed by atoms with Crippen molar-refractivity contribution >= 4 is 50.7 Å². The summed E-state index contributed by atoms with van der Waals surface area (Å²) in [5.41, 5.74) is 1.90. The Morgan fingerprint density at radius 3 is 2.33 bits per heavy atom. The molecule has 214 valence electrons. The lowest BCUT2D eigenvalue weighted by Crippen LogP contribution is -2.52. The van der Waals surface area contributed by atoms with Crippen molar-refractivity contribution in [2.24, 2.45) is 0 Å². The van der Waals surface area contributed by atoms with Gasteiger partial charge in [0.2, 0.25) is 11.8 Å². The first-order chi connectivity index (χ1) is 19.1. The van der Waals surface area contributed by atoms with E-state index in [1.807, 2.05) is 45.0 Å². The van der Waals surface area contributed by atoms with Crippen LogP contribution in [0.1, 0.15) is 44.2 Å². The molecule has 1 unspecified atom stereocenters. The first kappa shape index (κ1) is 31.5. The van der Waals surface area contributed by atoms with Gasteiger partial charge in [-0.05, 0) is 55.7 Å². The number of halogens is 2. The molecule has 2 amide bonds. The van der Waals surface area contributed by atoms with Gasteiger partial charge in [-0.15, -0.1) is 0 Å². The summed E-state index contributed by atoms with van der Waals surface area (Å²) in [5, 5.41) is 3.30. The van der Waals surface area contributed by atoms with Crippen LogP contribution in [-0.2, 0) is 26.2 Å². The Labute approximate surface area is 247 Å². The van der Waals surface area contributed by atoms with Crippen LogP contribution in [0.25, 0.3) is 0 Å². The van der Waals surface area contributed by atoms with Gasteiger partial charge < -0.3 is 10.2 Å². The van der Waals surface area contributed by atoms with Gasteiger partial charge >= 0.3 is 0 Å². The normalized spacial score (nSPS) is 12.0. The van der Waals surface area contributed by atoms with E-state index in [1.54, 1.807) is 24.3 Å². The van der Waals surface area contributed by atoms with Crippen molar-refractivity contribution in [1.29, 1.82) is 0 Å². The fraction of sp³-hybridized carbons (Fsp3) is 0.333. The smallest absolute Gasteiger partial charge is 0.264 e. The summed E-state index contributed by atoms with van der Waals surface area (Å²) in [6.45, 7) is 5.84. The Kier molecular flexibility index (Phi) is 11.4. The molecule has 3 aromatic carbocycles. The number of carbonyl (C=O) groups is 2. The lowest BCUT2D eigenvalue weighted by molar-refractivity contribution is -0.140. The molecule has 0 aliphatic heterocycles. The van der Waals surface area contributed by atoms with Crippen molar-refractivity contribution in [3.63, 3.8) is 0 Å². The largest absolute Gasteiger partial charge is 0.354 e. The SMILES string of the molecule is CCCCNC(=O)C(CC)N(Cc1cccc(C)c1)C(=O)CN(c1cc(Cl)ccc1Cl)S(=O)(=O)c1ccccc1. The van der Waals surface area contributed by atoms with Crippen LogP contribution in [0.3, 0.4) is 0 Å². The number of benzene rings is 3. The summed E-state index contributed by atoms with van der Waals surface area (Å²) in [6, 6.07) is 19.1. The first-order valence-electron chi connectivity index (χ1n) is 13.2. The van der Waals surface area contributed by atoms with Gasteiger partial charge in [0, 0.05) is 18.1 Å². The van der Waals surface area contributed by atoms with E-state index in [0.717, 1.165) is 28.3 Å². The number of nitrogens with one attached hydrogen (secondary N) is 1. The molecule has 10 heteroatoms. The predicted octanol–water partition coefficient (Wildman–Crippen LogP) is 6.22. The van der Waals surface area contributed by atoms with Crippen LogP contribution in [0.5, 0.6) is 0 Å². The van der Waals surface area contributed by atoms with Crippen molar-refractivity contribution in [3.05, 3.63) is 94.0 Å². The second-order valence-electron chi connectivity index (χ2n) is 9.50. The van der Waals surface area contributed by atoms with Crippen LogP contribution in [0, 0.1) is 6.92 Å². The van der Waals surface area contributed by atoms with Crippen molar-refractivity contribution in [2.75, 3.05) is 17.4 Å². The molecule has 0 heterocycles. The fourth-order valence-corrected chi connectivity index (χ4v) is 6.22. The van der Waals surface area contributed by atoms with Crippen LogP contribution in [-0.4, -0.2) is 44.3 Å². The van der Waals surface area contributed by atoms with Gasteiger partial charge in [-0.25, -0.2) is 8.42 Å². The van der Waals surface area contributed by atoms with Crippen LogP contribution < -0.4 is 9.62 Å². The van der Waals surface area contributed by atoms with Crippen molar-refractivity contribution in [2.45, 2.75) is 57.5 Å². The molecule has 0 saturated heterocycles. The van der Waals surface area contributed by atoms with E-state index in [9.17, 15) is 18.0 Å². The lowest BCUT2D eigenvalue weighted by Gasteiger charge is -2.33. The van der Waals surface area contributed by atoms with Gasteiger partial charge in [0.15, 0.2) is 0 Å². The summed E-state index contributed by atoms with van der Waals surface area (Å²) in [6.07, 6.45) is 2.07. The summed E-state index contributed by atoms with van der Waals surface area (Å²) in [4.78, 5) is 28.8. The van der Waals surface area contributed by atoms with E-state index in [0.29, 0.717) is 13.0 Å². The van der Waals surface area contributed by atoms with Gasteiger partial charge in [0.1, 0.15) is 12.6 Å². The van der Waals surface area contributed by atoms with Crippen LogP contribution in [0.4, 0.5) is 5.69 Å². The standard InChI is InChI=1S/C30H35Cl2N3O4S/c1-4-6-17-33-30(37)27(5-2)34(20-23-12-10-11-22(3)18-23)29(36)21-35(28-19-24(31)15-16-26(28)32)40(38,39)25-13-8-7-9-14-25/h7-16,18-19,27H,4-6,17,20-21H2,1-3H3,(H,33,37). The molecule has 0 radical (unpaired) electrons. The lowest BCUT2D eigenvalue weighted by atomic mass is 10.1.